The predicted octanol–water partition coefficient (Wildman–Crippen LogP) is 0.0595. The molecule has 0 aromatic carbocycles. The van der Waals surface area contributed by atoms with Gasteiger partial charge in [0.2, 0.25) is 5.91 Å². The number of hydrogen-bond acceptors (Lipinski definition) is 5. The average molecular weight is 285 g/mol. The van der Waals surface area contributed by atoms with Crippen molar-refractivity contribution in [3.63, 3.8) is 0 Å². The van der Waals surface area contributed by atoms with Gasteiger partial charge in [-0.25, -0.2) is 4.79 Å². The Balaban J connectivity index is 1.80. The van der Waals surface area contributed by atoms with Crippen molar-refractivity contribution < 1.29 is 19.1 Å². The van der Waals surface area contributed by atoms with E-state index in [4.69, 9.17) is 9.47 Å². The van der Waals surface area contributed by atoms with E-state index in [2.05, 4.69) is 10.6 Å². The molecule has 2 fully saturated rings. The number of urea groups is 1. The van der Waals surface area contributed by atoms with Crippen molar-refractivity contribution in [3.8, 4) is 0 Å². The molecule has 2 rings (SSSR count). The van der Waals surface area contributed by atoms with Gasteiger partial charge >= 0.3 is 6.03 Å². The SMILES string of the molecule is CCNC(=O)NC(=O)[C@@H](C)N1CCC2(CC1)OCCO2. The van der Waals surface area contributed by atoms with Crippen LogP contribution in [-0.4, -0.2) is 61.5 Å². The first-order valence-electron chi connectivity index (χ1n) is 7.17. The van der Waals surface area contributed by atoms with Gasteiger partial charge in [-0.05, 0) is 13.8 Å². The minimum absolute atomic E-state index is 0.278. The number of hydrogen-bond donors (Lipinski definition) is 2. The summed E-state index contributed by atoms with van der Waals surface area (Å²) in [5, 5.41) is 4.89. The fourth-order valence-electron chi connectivity index (χ4n) is 2.62. The van der Waals surface area contributed by atoms with E-state index in [1.54, 1.807) is 6.92 Å². The van der Waals surface area contributed by atoms with Gasteiger partial charge in [0.1, 0.15) is 0 Å². The Morgan fingerprint density at radius 1 is 1.25 bits per heavy atom. The topological polar surface area (TPSA) is 79.9 Å². The van der Waals surface area contributed by atoms with Crippen molar-refractivity contribution >= 4 is 11.9 Å². The lowest BCUT2D eigenvalue weighted by Crippen LogP contribution is -2.54. The molecular formula is C13H23N3O4. The standard InChI is InChI=1S/C13H23N3O4/c1-3-14-12(18)15-11(17)10(2)16-6-4-13(5-7-16)19-8-9-20-13/h10H,3-9H2,1-2H3,(H2,14,15,17,18)/t10-/m1/s1. The first kappa shape index (κ1) is 15.2. The van der Waals surface area contributed by atoms with Crippen LogP contribution in [0.1, 0.15) is 26.7 Å². The summed E-state index contributed by atoms with van der Waals surface area (Å²) in [4.78, 5) is 25.4. The van der Waals surface area contributed by atoms with Gasteiger partial charge in [-0.3, -0.25) is 15.0 Å². The highest BCUT2D eigenvalue weighted by atomic mass is 16.7. The lowest BCUT2D eigenvalue weighted by molar-refractivity contribution is -0.188. The molecule has 7 heteroatoms. The zero-order chi connectivity index (χ0) is 14.6. The van der Waals surface area contributed by atoms with E-state index < -0.39 is 11.8 Å². The van der Waals surface area contributed by atoms with E-state index in [1.165, 1.54) is 0 Å². The Labute approximate surface area is 119 Å². The maximum atomic E-state index is 12.0. The van der Waals surface area contributed by atoms with E-state index >= 15 is 0 Å². The minimum Gasteiger partial charge on any atom is -0.347 e. The Hall–Kier alpha value is -1.18. The summed E-state index contributed by atoms with van der Waals surface area (Å²) < 4.78 is 11.3. The third kappa shape index (κ3) is 3.47. The van der Waals surface area contributed by atoms with Gasteiger partial charge in [0.25, 0.3) is 0 Å². The molecule has 2 aliphatic heterocycles. The predicted molar refractivity (Wildman–Crippen MR) is 72.1 cm³/mol. The van der Waals surface area contributed by atoms with Crippen molar-refractivity contribution in [1.82, 2.24) is 15.5 Å². The number of rotatable bonds is 3. The lowest BCUT2D eigenvalue weighted by atomic mass is 10.0. The average Bonchev–Trinajstić information content (AvgIpc) is 2.87. The third-order valence-electron chi connectivity index (χ3n) is 3.87. The number of carbonyl (C=O) groups excluding carboxylic acids is 2. The van der Waals surface area contributed by atoms with Gasteiger partial charge < -0.3 is 14.8 Å². The third-order valence-corrected chi connectivity index (χ3v) is 3.87. The molecule has 2 aliphatic rings. The molecule has 0 aliphatic carbocycles. The number of piperidine rings is 1. The molecule has 1 spiro atoms. The summed E-state index contributed by atoms with van der Waals surface area (Å²) in [6.45, 7) is 6.85. The second kappa shape index (κ2) is 6.51. The molecule has 0 unspecified atom stereocenters. The molecule has 0 aromatic rings. The van der Waals surface area contributed by atoms with E-state index in [9.17, 15) is 9.59 Å². The number of ether oxygens (including phenoxy) is 2. The molecule has 2 heterocycles. The second-order valence-electron chi connectivity index (χ2n) is 5.17. The summed E-state index contributed by atoms with van der Waals surface area (Å²) in [7, 11) is 0. The summed E-state index contributed by atoms with van der Waals surface area (Å²) in [5.74, 6) is -0.716. The molecule has 114 valence electrons. The Morgan fingerprint density at radius 3 is 2.40 bits per heavy atom. The van der Waals surface area contributed by atoms with Crippen LogP contribution in [0.25, 0.3) is 0 Å². The molecule has 3 amide bonds. The second-order valence-corrected chi connectivity index (χ2v) is 5.17. The summed E-state index contributed by atoms with van der Waals surface area (Å²) in [6.07, 6.45) is 1.51. The van der Waals surface area contributed by atoms with Gasteiger partial charge in [-0.15, -0.1) is 0 Å². The summed E-state index contributed by atoms with van der Waals surface area (Å²) in [6, 6.07) is -0.781. The summed E-state index contributed by atoms with van der Waals surface area (Å²) >= 11 is 0. The highest BCUT2D eigenvalue weighted by Gasteiger charge is 2.41. The number of amides is 3. The fraction of sp³-hybridized carbons (Fsp3) is 0.846. The van der Waals surface area contributed by atoms with Crippen molar-refractivity contribution in [3.05, 3.63) is 0 Å². The van der Waals surface area contributed by atoms with E-state index in [0.717, 1.165) is 25.9 Å². The van der Waals surface area contributed by atoms with Crippen LogP contribution in [-0.2, 0) is 14.3 Å². The first-order chi connectivity index (χ1) is 9.56. The molecule has 2 saturated heterocycles. The normalized spacial score (nSPS) is 23.5. The molecule has 2 N–H and O–H groups in total. The van der Waals surface area contributed by atoms with Crippen molar-refractivity contribution in [2.24, 2.45) is 0 Å². The largest absolute Gasteiger partial charge is 0.347 e. The number of imide groups is 1. The number of nitrogens with zero attached hydrogens (tertiary/aromatic N) is 1. The number of likely N-dealkylation sites (tertiary alicyclic amines) is 1. The van der Waals surface area contributed by atoms with E-state index in [1.807, 2.05) is 11.8 Å². The zero-order valence-electron chi connectivity index (χ0n) is 12.1. The Morgan fingerprint density at radius 2 is 1.85 bits per heavy atom. The maximum absolute atomic E-state index is 12.0. The lowest BCUT2D eigenvalue weighted by Gasteiger charge is -2.39. The van der Waals surface area contributed by atoms with Gasteiger partial charge in [0.05, 0.1) is 19.3 Å². The van der Waals surface area contributed by atoms with Crippen LogP contribution in [0.4, 0.5) is 4.79 Å². The first-order valence-corrected chi connectivity index (χ1v) is 7.17. The number of nitrogens with one attached hydrogen (secondary N) is 2. The van der Waals surface area contributed by atoms with Crippen LogP contribution in [0.5, 0.6) is 0 Å². The maximum Gasteiger partial charge on any atom is 0.321 e. The molecule has 7 nitrogen and oxygen atoms in total. The van der Waals surface area contributed by atoms with Crippen LogP contribution in [0.15, 0.2) is 0 Å². The van der Waals surface area contributed by atoms with E-state index in [0.29, 0.717) is 19.8 Å². The van der Waals surface area contributed by atoms with Crippen LogP contribution in [0.2, 0.25) is 0 Å². The van der Waals surface area contributed by atoms with Crippen LogP contribution < -0.4 is 10.6 Å². The molecular weight excluding hydrogens is 262 g/mol. The fourth-order valence-corrected chi connectivity index (χ4v) is 2.62. The highest BCUT2D eigenvalue weighted by molar-refractivity contribution is 5.96. The quantitative estimate of drug-likeness (QED) is 0.766. The van der Waals surface area contributed by atoms with Gasteiger partial charge in [0, 0.05) is 32.5 Å². The van der Waals surface area contributed by atoms with Gasteiger partial charge in [0.15, 0.2) is 5.79 Å². The minimum atomic E-state index is -0.444. The summed E-state index contributed by atoms with van der Waals surface area (Å²) in [5.41, 5.74) is 0. The van der Waals surface area contributed by atoms with Crippen LogP contribution in [0, 0.1) is 0 Å². The van der Waals surface area contributed by atoms with Crippen molar-refractivity contribution in [2.75, 3.05) is 32.8 Å². The van der Waals surface area contributed by atoms with Gasteiger partial charge in [-0.2, -0.15) is 0 Å². The molecule has 0 aromatic heterocycles. The zero-order valence-corrected chi connectivity index (χ0v) is 12.1. The van der Waals surface area contributed by atoms with Gasteiger partial charge in [-0.1, -0.05) is 0 Å². The van der Waals surface area contributed by atoms with Crippen LogP contribution in [0.3, 0.4) is 0 Å². The van der Waals surface area contributed by atoms with Crippen molar-refractivity contribution in [2.45, 2.75) is 38.5 Å². The molecule has 0 bridgehead atoms. The van der Waals surface area contributed by atoms with Crippen molar-refractivity contribution in [1.29, 1.82) is 0 Å². The Bertz CT molecular complexity index is 359. The highest BCUT2D eigenvalue weighted by Crippen LogP contribution is 2.31. The molecule has 0 radical (unpaired) electrons. The number of carbonyl (C=O) groups is 2. The molecule has 0 saturated carbocycles. The molecule has 20 heavy (non-hydrogen) atoms. The van der Waals surface area contributed by atoms with E-state index in [-0.39, 0.29) is 11.9 Å². The Kier molecular flexibility index (Phi) is 4.95. The smallest absolute Gasteiger partial charge is 0.321 e. The van der Waals surface area contributed by atoms with Crippen LogP contribution >= 0.6 is 0 Å². The molecule has 1 atom stereocenters. The monoisotopic (exact) mass is 285 g/mol.